The van der Waals surface area contributed by atoms with Crippen molar-refractivity contribution < 1.29 is 34.2 Å². The number of rotatable bonds is 0. The molecule has 0 heterocycles. The van der Waals surface area contributed by atoms with Crippen molar-refractivity contribution in [3.8, 4) is 0 Å². The Bertz CT molecular complexity index is 73.8. The van der Waals surface area contributed by atoms with E-state index in [4.69, 9.17) is 9.90 Å². The van der Waals surface area contributed by atoms with Crippen molar-refractivity contribution in [1.82, 2.24) is 0 Å². The van der Waals surface area contributed by atoms with Gasteiger partial charge in [0.1, 0.15) is 0 Å². The Morgan fingerprint density at radius 2 is 1.33 bits per heavy atom. The molecule has 0 aliphatic heterocycles. The molecule has 0 saturated carbocycles. The Balaban J connectivity index is -0.0000000720. The minimum absolute atomic E-state index is 0. The molecule has 50 valence electrons. The molecule has 0 aromatic heterocycles. The minimum Gasteiger partial charge on any atom is -0.481 e. The average Bonchev–Trinajstić information content (AvgIpc) is 1.25. The number of carboxylic acids is 1. The SMILES string of the molecule is CC(=O)O.CC(N)=O.[Zn]. The Labute approximate surface area is 66.2 Å². The molecule has 3 N–H and O–H groups in total. The van der Waals surface area contributed by atoms with Gasteiger partial charge in [-0.2, -0.15) is 0 Å². The van der Waals surface area contributed by atoms with E-state index in [9.17, 15) is 4.79 Å². The Morgan fingerprint density at radius 3 is 1.33 bits per heavy atom. The van der Waals surface area contributed by atoms with Crippen LogP contribution in [0.15, 0.2) is 0 Å². The van der Waals surface area contributed by atoms with Gasteiger partial charge in [0.25, 0.3) is 5.97 Å². The van der Waals surface area contributed by atoms with Crippen LogP contribution in [0.4, 0.5) is 0 Å². The fourth-order valence-electron chi connectivity index (χ4n) is 0. The summed E-state index contributed by atoms with van der Waals surface area (Å²) < 4.78 is 0. The van der Waals surface area contributed by atoms with Crippen LogP contribution in [0.25, 0.3) is 0 Å². The number of hydrogen-bond donors (Lipinski definition) is 2. The Kier molecular flexibility index (Phi) is 18.5. The summed E-state index contributed by atoms with van der Waals surface area (Å²) in [6.45, 7) is 2.39. The van der Waals surface area contributed by atoms with Crippen molar-refractivity contribution in [3.05, 3.63) is 0 Å². The fourth-order valence-corrected chi connectivity index (χ4v) is 0. The number of carboxylic acid groups (broad SMARTS) is 1. The molecule has 0 aromatic rings. The third-order valence-electron chi connectivity index (χ3n) is 0. The molecule has 1 amide bonds. The van der Waals surface area contributed by atoms with Crippen LogP contribution in [-0.2, 0) is 29.1 Å². The van der Waals surface area contributed by atoms with Gasteiger partial charge in [-0.3, -0.25) is 9.59 Å². The summed E-state index contributed by atoms with van der Waals surface area (Å²) in [5, 5.41) is 7.42. The molecule has 0 spiro atoms. The van der Waals surface area contributed by atoms with Crippen molar-refractivity contribution >= 4 is 11.9 Å². The van der Waals surface area contributed by atoms with Crippen LogP contribution in [0.3, 0.4) is 0 Å². The molecule has 0 unspecified atom stereocenters. The van der Waals surface area contributed by atoms with Crippen molar-refractivity contribution in [1.29, 1.82) is 0 Å². The quantitative estimate of drug-likeness (QED) is 0.502. The van der Waals surface area contributed by atoms with E-state index in [0.717, 1.165) is 6.92 Å². The van der Waals surface area contributed by atoms with Crippen molar-refractivity contribution in [2.24, 2.45) is 5.73 Å². The Morgan fingerprint density at radius 1 is 1.33 bits per heavy atom. The van der Waals surface area contributed by atoms with Gasteiger partial charge in [-0.25, -0.2) is 0 Å². The second-order valence-electron chi connectivity index (χ2n) is 1.13. The van der Waals surface area contributed by atoms with Gasteiger partial charge in [0.2, 0.25) is 5.91 Å². The second-order valence-corrected chi connectivity index (χ2v) is 1.13. The molecule has 0 aromatic carbocycles. The molecule has 0 rings (SSSR count). The van der Waals surface area contributed by atoms with Crippen LogP contribution in [0.2, 0.25) is 0 Å². The first-order valence-corrected chi connectivity index (χ1v) is 1.92. The van der Waals surface area contributed by atoms with Crippen LogP contribution in [0, 0.1) is 0 Å². The summed E-state index contributed by atoms with van der Waals surface area (Å²) in [4.78, 5) is 18.2. The summed E-state index contributed by atoms with van der Waals surface area (Å²) in [6.07, 6.45) is 0. The molecule has 9 heavy (non-hydrogen) atoms. The van der Waals surface area contributed by atoms with Crippen molar-refractivity contribution in [2.45, 2.75) is 13.8 Å². The first kappa shape index (κ1) is 15.8. The van der Waals surface area contributed by atoms with Gasteiger partial charge in [0.05, 0.1) is 0 Å². The number of primary amides is 1. The number of carbonyl (C=O) groups excluding carboxylic acids is 1. The van der Waals surface area contributed by atoms with E-state index in [1.807, 2.05) is 0 Å². The molecular weight excluding hydrogens is 175 g/mol. The van der Waals surface area contributed by atoms with Gasteiger partial charge in [-0.15, -0.1) is 0 Å². The smallest absolute Gasteiger partial charge is 0.300 e. The average molecular weight is 185 g/mol. The third-order valence-corrected chi connectivity index (χ3v) is 0. The van der Waals surface area contributed by atoms with Gasteiger partial charge in [-0.1, -0.05) is 0 Å². The van der Waals surface area contributed by atoms with Crippen LogP contribution < -0.4 is 5.73 Å². The molecule has 0 saturated heterocycles. The van der Waals surface area contributed by atoms with Gasteiger partial charge >= 0.3 is 0 Å². The monoisotopic (exact) mass is 183 g/mol. The summed E-state index contributed by atoms with van der Waals surface area (Å²) in [5.41, 5.74) is 4.47. The summed E-state index contributed by atoms with van der Waals surface area (Å²) in [7, 11) is 0. The fraction of sp³-hybridized carbons (Fsp3) is 0.500. The predicted molar refractivity (Wildman–Crippen MR) is 28.2 cm³/mol. The zero-order valence-corrected chi connectivity index (χ0v) is 8.52. The zero-order valence-electron chi connectivity index (χ0n) is 5.55. The standard InChI is InChI=1S/C2H5NO.C2H4O2.Zn/c2*1-2(3)4;/h1H3,(H2,3,4);1H3,(H,3,4);. The molecule has 0 aliphatic carbocycles. The number of hydrogen-bond acceptors (Lipinski definition) is 2. The van der Waals surface area contributed by atoms with Crippen molar-refractivity contribution in [3.63, 3.8) is 0 Å². The largest absolute Gasteiger partial charge is 0.481 e. The van der Waals surface area contributed by atoms with Crippen LogP contribution >= 0.6 is 0 Å². The molecule has 0 bridgehead atoms. The first-order chi connectivity index (χ1) is 3.46. The molecule has 4 nitrogen and oxygen atoms in total. The Hall–Kier alpha value is -0.437. The maximum Gasteiger partial charge on any atom is 0.300 e. The predicted octanol–water partition coefficient (Wildman–Crippen LogP) is -0.420. The molecule has 0 radical (unpaired) electrons. The summed E-state index contributed by atoms with van der Waals surface area (Å²) in [6, 6.07) is 0. The van der Waals surface area contributed by atoms with E-state index in [-0.39, 0.29) is 25.4 Å². The third kappa shape index (κ3) is 1230. The number of nitrogens with two attached hydrogens (primary N) is 1. The van der Waals surface area contributed by atoms with Crippen LogP contribution in [0.5, 0.6) is 0 Å². The zero-order chi connectivity index (χ0) is 7.15. The molecule has 0 aliphatic rings. The van der Waals surface area contributed by atoms with E-state index in [1.165, 1.54) is 6.92 Å². The van der Waals surface area contributed by atoms with Gasteiger partial charge in [-0.05, 0) is 0 Å². The summed E-state index contributed by atoms with van der Waals surface area (Å²) >= 11 is 0. The molecule has 5 heteroatoms. The minimum atomic E-state index is -0.833. The number of carbonyl (C=O) groups is 2. The van der Waals surface area contributed by atoms with E-state index < -0.39 is 5.97 Å². The number of aliphatic carboxylic acids is 1. The molecular formula is C4H9NO3Zn. The van der Waals surface area contributed by atoms with E-state index in [1.54, 1.807) is 0 Å². The maximum absolute atomic E-state index is 9.22. The van der Waals surface area contributed by atoms with E-state index >= 15 is 0 Å². The second kappa shape index (κ2) is 10.5. The van der Waals surface area contributed by atoms with Crippen LogP contribution in [0.1, 0.15) is 13.8 Å². The van der Waals surface area contributed by atoms with Crippen molar-refractivity contribution in [2.75, 3.05) is 0 Å². The van der Waals surface area contributed by atoms with E-state index in [0.29, 0.717) is 0 Å². The van der Waals surface area contributed by atoms with Gasteiger partial charge in [0.15, 0.2) is 0 Å². The van der Waals surface area contributed by atoms with Gasteiger partial charge < -0.3 is 10.8 Å². The summed E-state index contributed by atoms with van der Waals surface area (Å²) in [5.74, 6) is -1.17. The molecule has 0 atom stereocenters. The maximum atomic E-state index is 9.22. The van der Waals surface area contributed by atoms with Crippen LogP contribution in [-0.4, -0.2) is 17.0 Å². The first-order valence-electron chi connectivity index (χ1n) is 1.92. The topological polar surface area (TPSA) is 80.4 Å². The van der Waals surface area contributed by atoms with Gasteiger partial charge in [0, 0.05) is 33.3 Å². The normalized spacial score (nSPS) is 5.56. The van der Waals surface area contributed by atoms with E-state index in [2.05, 4.69) is 5.73 Å². The molecule has 0 fully saturated rings. The number of amides is 1.